The second kappa shape index (κ2) is 7.46. The molecule has 0 heterocycles. The lowest BCUT2D eigenvalue weighted by Crippen LogP contribution is -2.14. The van der Waals surface area contributed by atoms with Crippen LogP contribution in [0.1, 0.15) is 23.6 Å². The van der Waals surface area contributed by atoms with Gasteiger partial charge in [-0.3, -0.25) is 0 Å². The van der Waals surface area contributed by atoms with Gasteiger partial charge in [-0.1, -0.05) is 19.1 Å². The molecular formula is C18H18F3NO3. The molecule has 0 aliphatic rings. The first kappa shape index (κ1) is 18.6. The highest BCUT2D eigenvalue weighted by atomic mass is 19.4. The molecule has 134 valence electrons. The molecule has 7 heteroatoms. The Bertz CT molecular complexity index is 773. The van der Waals surface area contributed by atoms with E-state index in [2.05, 4.69) is 0 Å². The molecule has 25 heavy (non-hydrogen) atoms. The molecule has 0 unspecified atom stereocenters. The molecule has 0 saturated carbocycles. The van der Waals surface area contributed by atoms with Gasteiger partial charge in [0.2, 0.25) is 0 Å². The predicted molar refractivity (Wildman–Crippen MR) is 87.2 cm³/mol. The molecule has 0 bridgehead atoms. The minimum absolute atomic E-state index is 0.195. The van der Waals surface area contributed by atoms with Crippen molar-refractivity contribution >= 4 is 6.09 Å². The Morgan fingerprint density at radius 1 is 1.12 bits per heavy atom. The number of carbonyl (C=O) groups is 1. The quantitative estimate of drug-likeness (QED) is 0.858. The average molecular weight is 353 g/mol. The predicted octanol–water partition coefficient (Wildman–Crippen LogP) is 4.54. The molecule has 2 N–H and O–H groups in total. The topological polar surface area (TPSA) is 61.6 Å². The van der Waals surface area contributed by atoms with Gasteiger partial charge in [-0.05, 0) is 47.4 Å². The molecular weight excluding hydrogens is 335 g/mol. The highest BCUT2D eigenvalue weighted by Gasteiger charge is 2.31. The van der Waals surface area contributed by atoms with Crippen molar-refractivity contribution in [2.24, 2.45) is 5.73 Å². The molecule has 2 rings (SSSR count). The molecule has 2 aromatic rings. The number of primary amides is 1. The summed E-state index contributed by atoms with van der Waals surface area (Å²) >= 11 is 0. The highest BCUT2D eigenvalue weighted by molar-refractivity contribution is 5.75. The van der Waals surface area contributed by atoms with Crippen LogP contribution in [0.3, 0.4) is 0 Å². The van der Waals surface area contributed by atoms with Crippen LogP contribution in [0, 0.1) is 0 Å². The van der Waals surface area contributed by atoms with E-state index in [1.54, 1.807) is 6.07 Å². The van der Waals surface area contributed by atoms with Crippen molar-refractivity contribution in [1.82, 2.24) is 0 Å². The van der Waals surface area contributed by atoms with E-state index in [1.807, 2.05) is 19.1 Å². The standard InChI is InChI=1S/C18H18F3NO3/c1-3-11-4-7-16(24-2)15(8-11)14-6-5-13(18(19,20)21)9-12(14)10-25-17(22)23/h4-9H,3,10H2,1-2H3,(H2,22,23). The van der Waals surface area contributed by atoms with E-state index in [9.17, 15) is 18.0 Å². The van der Waals surface area contributed by atoms with E-state index in [0.29, 0.717) is 16.9 Å². The zero-order valence-electron chi connectivity index (χ0n) is 13.8. The molecule has 0 fully saturated rings. The number of aryl methyl sites for hydroxylation is 1. The Balaban J connectivity index is 2.61. The highest BCUT2D eigenvalue weighted by Crippen LogP contribution is 2.37. The molecule has 1 amide bonds. The normalized spacial score (nSPS) is 11.2. The lowest BCUT2D eigenvalue weighted by Gasteiger charge is -2.16. The van der Waals surface area contributed by atoms with Crippen molar-refractivity contribution in [3.05, 3.63) is 53.1 Å². The van der Waals surface area contributed by atoms with Crippen LogP contribution in [-0.2, 0) is 23.9 Å². The van der Waals surface area contributed by atoms with E-state index in [4.69, 9.17) is 15.2 Å². The second-order valence-electron chi connectivity index (χ2n) is 5.37. The smallest absolute Gasteiger partial charge is 0.416 e. The zero-order valence-corrected chi connectivity index (χ0v) is 13.8. The van der Waals surface area contributed by atoms with Crippen LogP contribution in [0.2, 0.25) is 0 Å². The second-order valence-corrected chi connectivity index (χ2v) is 5.37. The summed E-state index contributed by atoms with van der Waals surface area (Å²) in [6.45, 7) is 1.60. The maximum absolute atomic E-state index is 13.0. The first-order valence-electron chi connectivity index (χ1n) is 7.56. The third-order valence-corrected chi connectivity index (χ3v) is 3.76. The monoisotopic (exact) mass is 353 g/mol. The molecule has 4 nitrogen and oxygen atoms in total. The number of halogens is 3. The van der Waals surface area contributed by atoms with Crippen LogP contribution in [0.15, 0.2) is 36.4 Å². The molecule has 0 saturated heterocycles. The lowest BCUT2D eigenvalue weighted by molar-refractivity contribution is -0.137. The van der Waals surface area contributed by atoms with Crippen molar-refractivity contribution in [3.63, 3.8) is 0 Å². The minimum Gasteiger partial charge on any atom is -0.496 e. The number of amides is 1. The van der Waals surface area contributed by atoms with E-state index in [1.165, 1.54) is 13.2 Å². The maximum atomic E-state index is 13.0. The fraction of sp³-hybridized carbons (Fsp3) is 0.278. The van der Waals surface area contributed by atoms with Crippen LogP contribution in [0.4, 0.5) is 18.0 Å². The number of alkyl halides is 3. The molecule has 2 aromatic carbocycles. The van der Waals surface area contributed by atoms with Crippen LogP contribution < -0.4 is 10.5 Å². The molecule has 0 radical (unpaired) electrons. The fourth-order valence-electron chi connectivity index (χ4n) is 2.49. The van der Waals surface area contributed by atoms with Gasteiger partial charge in [-0.15, -0.1) is 0 Å². The number of carbonyl (C=O) groups excluding carboxylic acids is 1. The average Bonchev–Trinajstić information content (AvgIpc) is 2.58. The molecule has 0 atom stereocenters. The fourth-order valence-corrected chi connectivity index (χ4v) is 2.49. The SMILES string of the molecule is CCc1ccc(OC)c(-c2ccc(C(F)(F)F)cc2COC(N)=O)c1. The van der Waals surface area contributed by atoms with E-state index in [0.717, 1.165) is 24.1 Å². The van der Waals surface area contributed by atoms with Crippen molar-refractivity contribution < 1.29 is 27.4 Å². The van der Waals surface area contributed by atoms with E-state index < -0.39 is 17.8 Å². The molecule has 0 aromatic heterocycles. The zero-order chi connectivity index (χ0) is 18.6. The lowest BCUT2D eigenvalue weighted by atomic mass is 9.95. The van der Waals surface area contributed by atoms with Crippen molar-refractivity contribution in [2.45, 2.75) is 26.1 Å². The summed E-state index contributed by atoms with van der Waals surface area (Å²) in [4.78, 5) is 10.9. The van der Waals surface area contributed by atoms with E-state index >= 15 is 0 Å². The summed E-state index contributed by atoms with van der Waals surface area (Å²) in [5.74, 6) is 0.511. The molecule has 0 aliphatic heterocycles. The first-order valence-corrected chi connectivity index (χ1v) is 7.56. The Hall–Kier alpha value is -2.70. The number of benzene rings is 2. The Kier molecular flexibility index (Phi) is 5.56. The Morgan fingerprint density at radius 2 is 1.84 bits per heavy atom. The largest absolute Gasteiger partial charge is 0.496 e. The number of nitrogens with two attached hydrogens (primary N) is 1. The van der Waals surface area contributed by atoms with Crippen molar-refractivity contribution in [2.75, 3.05) is 7.11 Å². The minimum atomic E-state index is -4.50. The number of hydrogen-bond acceptors (Lipinski definition) is 3. The maximum Gasteiger partial charge on any atom is 0.416 e. The summed E-state index contributed by atoms with van der Waals surface area (Å²) in [7, 11) is 1.48. The van der Waals surface area contributed by atoms with Gasteiger partial charge in [-0.2, -0.15) is 13.2 Å². The number of hydrogen-bond donors (Lipinski definition) is 1. The summed E-state index contributed by atoms with van der Waals surface area (Å²) in [5, 5.41) is 0. The van der Waals surface area contributed by atoms with Gasteiger partial charge in [0.15, 0.2) is 0 Å². The van der Waals surface area contributed by atoms with Gasteiger partial charge in [0, 0.05) is 5.56 Å². The van der Waals surface area contributed by atoms with Crippen LogP contribution in [0.5, 0.6) is 5.75 Å². The van der Waals surface area contributed by atoms with Crippen LogP contribution in [-0.4, -0.2) is 13.2 Å². The third kappa shape index (κ3) is 4.43. The molecule has 0 spiro atoms. The van der Waals surface area contributed by atoms with Gasteiger partial charge in [0.25, 0.3) is 0 Å². The third-order valence-electron chi connectivity index (χ3n) is 3.76. The number of methoxy groups -OCH3 is 1. The van der Waals surface area contributed by atoms with Gasteiger partial charge in [0.05, 0.1) is 12.7 Å². The summed E-state index contributed by atoms with van der Waals surface area (Å²) in [5.41, 5.74) is 6.42. The Labute approximate surface area is 143 Å². The van der Waals surface area contributed by atoms with Crippen molar-refractivity contribution in [3.8, 4) is 16.9 Å². The van der Waals surface area contributed by atoms with Gasteiger partial charge in [-0.25, -0.2) is 4.79 Å². The van der Waals surface area contributed by atoms with Gasteiger partial charge < -0.3 is 15.2 Å². The number of ether oxygens (including phenoxy) is 2. The summed E-state index contributed by atoms with van der Waals surface area (Å²) in [6, 6.07) is 8.77. The van der Waals surface area contributed by atoms with Gasteiger partial charge >= 0.3 is 12.3 Å². The first-order chi connectivity index (χ1) is 11.8. The van der Waals surface area contributed by atoms with Crippen LogP contribution in [0.25, 0.3) is 11.1 Å². The Morgan fingerprint density at radius 3 is 2.40 bits per heavy atom. The number of rotatable bonds is 5. The van der Waals surface area contributed by atoms with Gasteiger partial charge in [0.1, 0.15) is 12.4 Å². The summed E-state index contributed by atoms with van der Waals surface area (Å²) < 4.78 is 49.1. The molecule has 0 aliphatic carbocycles. The summed E-state index contributed by atoms with van der Waals surface area (Å²) in [6.07, 6.45) is -4.81. The van der Waals surface area contributed by atoms with Crippen LogP contribution >= 0.6 is 0 Å². The van der Waals surface area contributed by atoms with E-state index in [-0.39, 0.29) is 12.2 Å². The van der Waals surface area contributed by atoms with Crippen molar-refractivity contribution in [1.29, 1.82) is 0 Å².